The molecule has 31 heavy (non-hydrogen) atoms. The SMILES string of the molecule is CCCNC(=O)[C@H](CC)Oc1ccc2c(c1)[C@@H](c1ccccc1)N(C(=O)C(C)C)CC2. The van der Waals surface area contributed by atoms with Gasteiger partial charge in [0.1, 0.15) is 5.75 Å². The highest BCUT2D eigenvalue weighted by Crippen LogP contribution is 2.38. The van der Waals surface area contributed by atoms with Crippen LogP contribution in [-0.2, 0) is 16.0 Å². The van der Waals surface area contributed by atoms with E-state index in [2.05, 4.69) is 23.5 Å². The molecule has 5 heteroatoms. The molecular weight excluding hydrogens is 388 g/mol. The van der Waals surface area contributed by atoms with Crippen LogP contribution >= 0.6 is 0 Å². The van der Waals surface area contributed by atoms with Crippen molar-refractivity contribution in [2.75, 3.05) is 13.1 Å². The first-order chi connectivity index (χ1) is 15.0. The van der Waals surface area contributed by atoms with Crippen LogP contribution in [0.3, 0.4) is 0 Å². The van der Waals surface area contributed by atoms with Gasteiger partial charge in [-0.05, 0) is 48.1 Å². The van der Waals surface area contributed by atoms with Gasteiger partial charge in [-0.25, -0.2) is 0 Å². The molecular formula is C26H34N2O3. The Morgan fingerprint density at radius 3 is 2.52 bits per heavy atom. The van der Waals surface area contributed by atoms with E-state index < -0.39 is 6.10 Å². The van der Waals surface area contributed by atoms with Crippen LogP contribution in [0, 0.1) is 5.92 Å². The Morgan fingerprint density at radius 1 is 1.13 bits per heavy atom. The minimum absolute atomic E-state index is 0.0704. The first kappa shape index (κ1) is 22.9. The molecule has 0 spiro atoms. The zero-order chi connectivity index (χ0) is 22.4. The van der Waals surface area contributed by atoms with E-state index in [1.165, 1.54) is 5.56 Å². The molecule has 0 saturated carbocycles. The van der Waals surface area contributed by atoms with Crippen LogP contribution in [0.1, 0.15) is 63.3 Å². The minimum atomic E-state index is -0.531. The van der Waals surface area contributed by atoms with Gasteiger partial charge >= 0.3 is 0 Å². The van der Waals surface area contributed by atoms with Crippen LogP contribution in [0.25, 0.3) is 0 Å². The molecule has 3 rings (SSSR count). The molecule has 1 aliphatic heterocycles. The Kier molecular flexibility index (Phi) is 7.72. The van der Waals surface area contributed by atoms with E-state index in [0.29, 0.717) is 25.3 Å². The zero-order valence-electron chi connectivity index (χ0n) is 19.1. The molecule has 0 unspecified atom stereocenters. The monoisotopic (exact) mass is 422 g/mol. The lowest BCUT2D eigenvalue weighted by Gasteiger charge is -2.39. The van der Waals surface area contributed by atoms with Crippen LogP contribution in [0.15, 0.2) is 48.5 Å². The summed E-state index contributed by atoms with van der Waals surface area (Å²) in [7, 11) is 0. The number of hydrogen-bond donors (Lipinski definition) is 1. The van der Waals surface area contributed by atoms with Crippen LogP contribution < -0.4 is 10.1 Å². The predicted molar refractivity (Wildman–Crippen MR) is 123 cm³/mol. The Balaban J connectivity index is 1.95. The summed E-state index contributed by atoms with van der Waals surface area (Å²) in [6.45, 7) is 9.20. The molecule has 0 saturated heterocycles. The lowest BCUT2D eigenvalue weighted by Crippen LogP contribution is -2.42. The molecule has 5 nitrogen and oxygen atoms in total. The average molecular weight is 423 g/mol. The van der Waals surface area contributed by atoms with E-state index in [1.54, 1.807) is 0 Å². The molecule has 2 atom stereocenters. The van der Waals surface area contributed by atoms with Gasteiger partial charge in [-0.3, -0.25) is 9.59 Å². The fraction of sp³-hybridized carbons (Fsp3) is 0.462. The summed E-state index contributed by atoms with van der Waals surface area (Å²) < 4.78 is 6.10. The summed E-state index contributed by atoms with van der Waals surface area (Å²) in [5.74, 6) is 0.658. The Labute approximate surface area is 185 Å². The van der Waals surface area contributed by atoms with Crippen LogP contribution in [0.4, 0.5) is 0 Å². The van der Waals surface area contributed by atoms with Gasteiger partial charge in [-0.15, -0.1) is 0 Å². The quantitative estimate of drug-likeness (QED) is 0.681. The smallest absolute Gasteiger partial charge is 0.261 e. The molecule has 2 aromatic carbocycles. The largest absolute Gasteiger partial charge is 0.481 e. The third kappa shape index (κ3) is 5.27. The average Bonchev–Trinajstić information content (AvgIpc) is 2.80. The summed E-state index contributed by atoms with van der Waals surface area (Å²) in [5.41, 5.74) is 3.38. The number of hydrogen-bond acceptors (Lipinski definition) is 3. The normalized spacial score (nSPS) is 16.5. The van der Waals surface area contributed by atoms with Gasteiger partial charge in [0.05, 0.1) is 6.04 Å². The van der Waals surface area contributed by atoms with Crippen molar-refractivity contribution in [2.24, 2.45) is 5.92 Å². The third-order valence-corrected chi connectivity index (χ3v) is 5.73. The minimum Gasteiger partial charge on any atom is -0.481 e. The fourth-order valence-electron chi connectivity index (χ4n) is 4.08. The van der Waals surface area contributed by atoms with Crippen LogP contribution in [0.5, 0.6) is 5.75 Å². The Hall–Kier alpha value is -2.82. The molecule has 0 aliphatic carbocycles. The molecule has 0 radical (unpaired) electrons. The molecule has 1 heterocycles. The molecule has 0 bridgehead atoms. The Bertz CT molecular complexity index is 895. The van der Waals surface area contributed by atoms with Crippen molar-refractivity contribution in [3.05, 3.63) is 65.2 Å². The summed E-state index contributed by atoms with van der Waals surface area (Å²) in [6, 6.07) is 16.0. The van der Waals surface area contributed by atoms with Crippen molar-refractivity contribution in [3.8, 4) is 5.75 Å². The first-order valence-electron chi connectivity index (χ1n) is 11.4. The number of rotatable bonds is 8. The van der Waals surface area contributed by atoms with Crippen molar-refractivity contribution in [2.45, 2.75) is 59.1 Å². The summed E-state index contributed by atoms with van der Waals surface area (Å²) in [5, 5.41) is 2.92. The van der Waals surface area contributed by atoms with E-state index >= 15 is 0 Å². The van der Waals surface area contributed by atoms with Gasteiger partial charge in [-0.1, -0.05) is 64.1 Å². The van der Waals surface area contributed by atoms with Crippen molar-refractivity contribution in [1.29, 1.82) is 0 Å². The van der Waals surface area contributed by atoms with E-state index in [1.807, 2.05) is 62.9 Å². The lowest BCUT2D eigenvalue weighted by atomic mass is 9.87. The van der Waals surface area contributed by atoms with Gasteiger partial charge in [0.15, 0.2) is 6.10 Å². The highest BCUT2D eigenvalue weighted by Gasteiger charge is 2.33. The number of fused-ring (bicyclic) bond motifs is 1. The number of nitrogens with one attached hydrogen (secondary N) is 1. The van der Waals surface area contributed by atoms with E-state index in [4.69, 9.17) is 4.74 Å². The number of nitrogens with zero attached hydrogens (tertiary/aromatic N) is 1. The van der Waals surface area contributed by atoms with Gasteiger partial charge < -0.3 is 15.0 Å². The predicted octanol–water partition coefficient (Wildman–Crippen LogP) is 4.50. The van der Waals surface area contributed by atoms with Crippen LogP contribution in [0.2, 0.25) is 0 Å². The molecule has 2 aromatic rings. The maximum absolute atomic E-state index is 13.0. The van der Waals surface area contributed by atoms with E-state index in [0.717, 1.165) is 24.0 Å². The number of amides is 2. The molecule has 0 aromatic heterocycles. The van der Waals surface area contributed by atoms with Gasteiger partial charge in [0.25, 0.3) is 5.91 Å². The molecule has 2 amide bonds. The van der Waals surface area contributed by atoms with E-state index in [9.17, 15) is 9.59 Å². The molecule has 1 N–H and O–H groups in total. The first-order valence-corrected chi connectivity index (χ1v) is 11.4. The van der Waals surface area contributed by atoms with Crippen molar-refractivity contribution >= 4 is 11.8 Å². The second-order valence-electron chi connectivity index (χ2n) is 8.42. The maximum Gasteiger partial charge on any atom is 0.261 e. The maximum atomic E-state index is 13.0. The topological polar surface area (TPSA) is 58.6 Å². The van der Waals surface area contributed by atoms with Crippen molar-refractivity contribution in [3.63, 3.8) is 0 Å². The number of carbonyl (C=O) groups excluding carboxylic acids is 2. The van der Waals surface area contributed by atoms with Crippen LogP contribution in [-0.4, -0.2) is 35.9 Å². The second-order valence-corrected chi connectivity index (χ2v) is 8.42. The molecule has 0 fully saturated rings. The number of carbonyl (C=O) groups is 2. The highest BCUT2D eigenvalue weighted by molar-refractivity contribution is 5.81. The zero-order valence-corrected chi connectivity index (χ0v) is 19.1. The fourth-order valence-corrected chi connectivity index (χ4v) is 4.08. The van der Waals surface area contributed by atoms with E-state index in [-0.39, 0.29) is 23.8 Å². The summed E-state index contributed by atoms with van der Waals surface area (Å²) in [4.78, 5) is 27.5. The molecule has 166 valence electrons. The highest BCUT2D eigenvalue weighted by atomic mass is 16.5. The number of benzene rings is 2. The number of ether oxygens (including phenoxy) is 1. The van der Waals surface area contributed by atoms with Gasteiger partial charge in [-0.2, -0.15) is 0 Å². The standard InChI is InChI=1S/C26H34N2O3/c1-5-15-27-25(29)23(6-2)31-21-13-12-19-14-16-28(26(30)18(3)4)24(22(19)17-21)20-10-8-7-9-11-20/h7-13,17-18,23-24H,5-6,14-16H2,1-4H3,(H,27,29)/t23-,24+/m0/s1. The summed E-state index contributed by atoms with van der Waals surface area (Å²) in [6.07, 6.45) is 1.76. The molecule has 1 aliphatic rings. The van der Waals surface area contributed by atoms with Crippen molar-refractivity contribution in [1.82, 2.24) is 10.2 Å². The van der Waals surface area contributed by atoms with Crippen molar-refractivity contribution < 1.29 is 14.3 Å². The summed E-state index contributed by atoms with van der Waals surface area (Å²) >= 11 is 0. The third-order valence-electron chi connectivity index (χ3n) is 5.73. The van der Waals surface area contributed by atoms with Gasteiger partial charge in [0, 0.05) is 19.0 Å². The lowest BCUT2D eigenvalue weighted by molar-refractivity contribution is -0.136. The van der Waals surface area contributed by atoms with Gasteiger partial charge in [0.2, 0.25) is 5.91 Å². The Morgan fingerprint density at radius 2 is 1.87 bits per heavy atom. The second kappa shape index (κ2) is 10.5.